The zero-order valence-electron chi connectivity index (χ0n) is 11.6. The number of benzene rings is 1. The third-order valence-electron chi connectivity index (χ3n) is 3.57. The van der Waals surface area contributed by atoms with Gasteiger partial charge in [0.25, 0.3) is 0 Å². The van der Waals surface area contributed by atoms with E-state index < -0.39 is 21.8 Å². The second-order valence-corrected chi connectivity index (χ2v) is 6.97. The van der Waals surface area contributed by atoms with Crippen LogP contribution in [-0.2, 0) is 16.2 Å². The van der Waals surface area contributed by atoms with Crippen molar-refractivity contribution in [2.24, 2.45) is 5.73 Å². The monoisotopic (exact) mass is 358 g/mol. The van der Waals surface area contributed by atoms with E-state index in [2.05, 4.69) is 4.72 Å². The maximum absolute atomic E-state index is 12.6. The molecule has 0 spiro atoms. The molecule has 0 aromatic heterocycles. The molecule has 0 unspecified atom stereocenters. The van der Waals surface area contributed by atoms with Crippen LogP contribution >= 0.6 is 12.4 Å². The highest BCUT2D eigenvalue weighted by atomic mass is 35.5. The topological polar surface area (TPSA) is 72.2 Å². The Hall–Kier alpha value is -0.830. The van der Waals surface area contributed by atoms with Crippen molar-refractivity contribution in [1.82, 2.24) is 4.72 Å². The molecule has 1 aliphatic carbocycles. The fourth-order valence-corrected chi connectivity index (χ4v) is 3.71. The largest absolute Gasteiger partial charge is 0.416 e. The molecule has 0 saturated heterocycles. The van der Waals surface area contributed by atoms with Crippen LogP contribution in [0.5, 0.6) is 0 Å². The summed E-state index contributed by atoms with van der Waals surface area (Å²) in [6.07, 6.45) is -1.96. The number of rotatable bonds is 3. The molecule has 1 fully saturated rings. The third kappa shape index (κ3) is 4.84. The molecule has 0 amide bonds. The van der Waals surface area contributed by atoms with E-state index in [1.54, 1.807) is 0 Å². The van der Waals surface area contributed by atoms with Crippen LogP contribution in [0.2, 0.25) is 0 Å². The highest BCUT2D eigenvalue weighted by molar-refractivity contribution is 7.89. The van der Waals surface area contributed by atoms with Gasteiger partial charge in [0, 0.05) is 12.1 Å². The molecule has 0 bridgehead atoms. The summed E-state index contributed by atoms with van der Waals surface area (Å²) in [6.45, 7) is 0. The maximum atomic E-state index is 12.6. The van der Waals surface area contributed by atoms with Crippen molar-refractivity contribution in [2.75, 3.05) is 0 Å². The summed E-state index contributed by atoms with van der Waals surface area (Å²) in [5, 5.41) is 0. The van der Waals surface area contributed by atoms with Crippen molar-refractivity contribution in [1.29, 1.82) is 0 Å². The fourth-order valence-electron chi connectivity index (χ4n) is 2.36. The lowest BCUT2D eigenvalue weighted by atomic mass is 9.93. The summed E-state index contributed by atoms with van der Waals surface area (Å²) < 4.78 is 64.6. The Kier molecular flexibility index (Phi) is 6.26. The van der Waals surface area contributed by atoms with Gasteiger partial charge in [-0.1, -0.05) is 6.07 Å². The highest BCUT2D eigenvalue weighted by Gasteiger charge is 2.32. The van der Waals surface area contributed by atoms with E-state index in [4.69, 9.17) is 5.73 Å². The smallest absolute Gasteiger partial charge is 0.328 e. The van der Waals surface area contributed by atoms with Gasteiger partial charge >= 0.3 is 6.18 Å². The molecule has 126 valence electrons. The molecule has 0 heterocycles. The number of nitrogens with two attached hydrogens (primary N) is 1. The molecule has 0 atom stereocenters. The molecule has 1 aromatic carbocycles. The van der Waals surface area contributed by atoms with Crippen LogP contribution in [0, 0.1) is 0 Å². The van der Waals surface area contributed by atoms with Gasteiger partial charge in [-0.05, 0) is 43.9 Å². The first-order valence-electron chi connectivity index (χ1n) is 6.63. The van der Waals surface area contributed by atoms with Gasteiger partial charge < -0.3 is 5.73 Å². The van der Waals surface area contributed by atoms with E-state index >= 15 is 0 Å². The zero-order valence-corrected chi connectivity index (χ0v) is 13.3. The summed E-state index contributed by atoms with van der Waals surface area (Å²) >= 11 is 0. The Morgan fingerprint density at radius 2 is 1.73 bits per heavy atom. The predicted molar refractivity (Wildman–Crippen MR) is 79.2 cm³/mol. The average molecular weight is 359 g/mol. The van der Waals surface area contributed by atoms with Crippen LogP contribution in [0.25, 0.3) is 0 Å². The lowest BCUT2D eigenvalue weighted by molar-refractivity contribution is -0.137. The van der Waals surface area contributed by atoms with Crippen molar-refractivity contribution in [2.45, 2.75) is 48.8 Å². The van der Waals surface area contributed by atoms with E-state index in [-0.39, 0.29) is 29.4 Å². The van der Waals surface area contributed by atoms with Gasteiger partial charge in [-0.15, -0.1) is 12.4 Å². The van der Waals surface area contributed by atoms with Gasteiger partial charge in [-0.25, -0.2) is 13.1 Å². The van der Waals surface area contributed by atoms with Crippen molar-refractivity contribution >= 4 is 22.4 Å². The minimum absolute atomic E-state index is 0. The van der Waals surface area contributed by atoms with Crippen LogP contribution in [0.1, 0.15) is 31.2 Å². The van der Waals surface area contributed by atoms with Crippen LogP contribution in [-0.4, -0.2) is 20.5 Å². The molecule has 1 aliphatic rings. The number of sulfonamides is 1. The van der Waals surface area contributed by atoms with Gasteiger partial charge in [0.15, 0.2) is 0 Å². The molecule has 1 saturated carbocycles. The summed E-state index contributed by atoms with van der Waals surface area (Å²) in [5.74, 6) is 0. The molecule has 1 aromatic rings. The fraction of sp³-hybridized carbons (Fsp3) is 0.538. The van der Waals surface area contributed by atoms with E-state index in [9.17, 15) is 21.6 Å². The normalized spacial score (nSPS) is 22.9. The van der Waals surface area contributed by atoms with Gasteiger partial charge in [0.05, 0.1) is 10.5 Å². The maximum Gasteiger partial charge on any atom is 0.416 e. The van der Waals surface area contributed by atoms with Crippen molar-refractivity contribution in [3.63, 3.8) is 0 Å². The first kappa shape index (κ1) is 19.2. The third-order valence-corrected chi connectivity index (χ3v) is 5.08. The lowest BCUT2D eigenvalue weighted by Crippen LogP contribution is -2.40. The molecule has 0 radical (unpaired) electrons. The quantitative estimate of drug-likeness (QED) is 0.872. The molecule has 0 aliphatic heterocycles. The second kappa shape index (κ2) is 7.16. The van der Waals surface area contributed by atoms with Gasteiger partial charge in [-0.3, -0.25) is 0 Å². The highest BCUT2D eigenvalue weighted by Crippen LogP contribution is 2.30. The lowest BCUT2D eigenvalue weighted by Gasteiger charge is -2.26. The Labute approximate surface area is 133 Å². The first-order chi connectivity index (χ1) is 9.68. The zero-order chi connectivity index (χ0) is 15.7. The number of hydrogen-bond donors (Lipinski definition) is 2. The Morgan fingerprint density at radius 1 is 1.14 bits per heavy atom. The van der Waals surface area contributed by atoms with Crippen LogP contribution in [0.15, 0.2) is 29.2 Å². The Balaban J connectivity index is 0.00000242. The van der Waals surface area contributed by atoms with Crippen molar-refractivity contribution in [3.8, 4) is 0 Å². The SMILES string of the molecule is Cl.NC1CCC(NS(=O)(=O)c2cccc(C(F)(F)F)c2)CC1. The molecule has 3 N–H and O–H groups in total. The molecule has 2 rings (SSSR count). The van der Waals surface area contributed by atoms with Crippen LogP contribution in [0.4, 0.5) is 13.2 Å². The summed E-state index contributed by atoms with van der Waals surface area (Å²) in [7, 11) is -3.95. The van der Waals surface area contributed by atoms with Crippen LogP contribution in [0.3, 0.4) is 0 Å². The van der Waals surface area contributed by atoms with Crippen LogP contribution < -0.4 is 10.5 Å². The van der Waals surface area contributed by atoms with Crippen molar-refractivity contribution in [3.05, 3.63) is 29.8 Å². The van der Waals surface area contributed by atoms with E-state index in [1.807, 2.05) is 0 Å². The van der Waals surface area contributed by atoms with E-state index in [0.717, 1.165) is 18.2 Å². The first-order valence-corrected chi connectivity index (χ1v) is 8.12. The standard InChI is InChI=1S/C13H17F3N2O2S.ClH/c14-13(15,16)9-2-1-3-12(8-9)21(19,20)18-11-6-4-10(17)5-7-11;/h1-3,8,10-11,18H,4-7,17H2;1H. The molecular formula is C13H18ClF3N2O2S. The van der Waals surface area contributed by atoms with Gasteiger partial charge in [-0.2, -0.15) is 13.2 Å². The van der Waals surface area contributed by atoms with E-state index in [0.29, 0.717) is 31.7 Å². The number of hydrogen-bond acceptors (Lipinski definition) is 3. The number of alkyl halides is 3. The molecule has 22 heavy (non-hydrogen) atoms. The van der Waals surface area contributed by atoms with Gasteiger partial charge in [0.2, 0.25) is 10.0 Å². The minimum Gasteiger partial charge on any atom is -0.328 e. The second-order valence-electron chi connectivity index (χ2n) is 5.26. The number of halogens is 4. The minimum atomic E-state index is -4.57. The molecule has 9 heteroatoms. The Morgan fingerprint density at radius 3 is 2.27 bits per heavy atom. The number of nitrogens with one attached hydrogen (secondary N) is 1. The Bertz CT molecular complexity index is 600. The molecular weight excluding hydrogens is 341 g/mol. The predicted octanol–water partition coefficient (Wildman–Crippen LogP) is 2.68. The van der Waals surface area contributed by atoms with Crippen molar-refractivity contribution < 1.29 is 21.6 Å². The summed E-state index contributed by atoms with van der Waals surface area (Å²) in [5.41, 5.74) is 4.76. The molecule has 4 nitrogen and oxygen atoms in total. The summed E-state index contributed by atoms with van der Waals surface area (Å²) in [4.78, 5) is -0.368. The van der Waals surface area contributed by atoms with Gasteiger partial charge in [0.1, 0.15) is 0 Å². The summed E-state index contributed by atoms with van der Waals surface area (Å²) in [6, 6.07) is 3.54. The average Bonchev–Trinajstić information content (AvgIpc) is 2.40. The van der Waals surface area contributed by atoms with E-state index in [1.165, 1.54) is 0 Å².